The van der Waals surface area contributed by atoms with Gasteiger partial charge in [0.25, 0.3) is 0 Å². The summed E-state index contributed by atoms with van der Waals surface area (Å²) in [6.45, 7) is 0.661. The van der Waals surface area contributed by atoms with Gasteiger partial charge in [0.15, 0.2) is 0 Å². The summed E-state index contributed by atoms with van der Waals surface area (Å²) in [7, 11) is 0. The van der Waals surface area contributed by atoms with Gasteiger partial charge in [-0.2, -0.15) is 5.26 Å². The van der Waals surface area contributed by atoms with E-state index in [0.29, 0.717) is 13.0 Å². The fourth-order valence-electron chi connectivity index (χ4n) is 2.51. The molecule has 0 aromatic heterocycles. The van der Waals surface area contributed by atoms with Gasteiger partial charge in [-0.15, -0.1) is 0 Å². The number of fused-ring (bicyclic) bond motifs is 1. The van der Waals surface area contributed by atoms with E-state index in [9.17, 15) is 15.3 Å². The normalized spacial score (nSPS) is 48.6. The molecule has 5 unspecified atom stereocenters. The van der Waals surface area contributed by atoms with E-state index in [2.05, 4.69) is 0 Å². The van der Waals surface area contributed by atoms with Gasteiger partial charge < -0.3 is 15.3 Å². The molecule has 0 amide bonds. The number of piperidine rings is 1. The molecule has 2 saturated heterocycles. The summed E-state index contributed by atoms with van der Waals surface area (Å²) in [5, 5.41) is 37.7. The Morgan fingerprint density at radius 2 is 1.93 bits per heavy atom. The number of rotatable bonds is 0. The summed E-state index contributed by atoms with van der Waals surface area (Å²) in [6.07, 6.45) is -1.27. The molecule has 0 saturated carbocycles. The Labute approximate surface area is 82.2 Å². The minimum absolute atomic E-state index is 0.469. The summed E-state index contributed by atoms with van der Waals surface area (Å²) in [5.74, 6) is 0. The van der Waals surface area contributed by atoms with Gasteiger partial charge in [0.05, 0.1) is 18.2 Å². The molecule has 0 bridgehead atoms. The Balaban J connectivity index is 2.25. The molecule has 78 valence electrons. The van der Waals surface area contributed by atoms with Crippen LogP contribution in [0.1, 0.15) is 12.8 Å². The first-order chi connectivity index (χ1) is 6.66. The van der Waals surface area contributed by atoms with Crippen LogP contribution in [-0.2, 0) is 0 Å². The summed E-state index contributed by atoms with van der Waals surface area (Å²) >= 11 is 0. The zero-order valence-electron chi connectivity index (χ0n) is 7.74. The van der Waals surface area contributed by atoms with Gasteiger partial charge in [-0.3, -0.25) is 4.90 Å². The van der Waals surface area contributed by atoms with Crippen LogP contribution in [0.4, 0.5) is 0 Å². The van der Waals surface area contributed by atoms with Crippen molar-refractivity contribution in [2.45, 2.75) is 43.2 Å². The van der Waals surface area contributed by atoms with Crippen molar-refractivity contribution in [3.8, 4) is 6.07 Å². The molecular weight excluding hydrogens is 184 g/mol. The van der Waals surface area contributed by atoms with E-state index in [-0.39, 0.29) is 0 Å². The van der Waals surface area contributed by atoms with Crippen LogP contribution in [-0.4, -0.2) is 57.2 Å². The summed E-state index contributed by atoms with van der Waals surface area (Å²) in [5.41, 5.74) is 0. The van der Waals surface area contributed by atoms with Crippen LogP contribution in [0.5, 0.6) is 0 Å². The lowest BCUT2D eigenvalue weighted by atomic mass is 9.97. The van der Waals surface area contributed by atoms with Crippen molar-refractivity contribution < 1.29 is 15.3 Å². The van der Waals surface area contributed by atoms with Crippen molar-refractivity contribution in [1.82, 2.24) is 4.90 Å². The molecule has 0 aromatic rings. The number of nitriles is 1. The van der Waals surface area contributed by atoms with Crippen molar-refractivity contribution >= 4 is 0 Å². The first kappa shape index (κ1) is 9.87. The molecule has 2 fully saturated rings. The number of aliphatic hydroxyl groups excluding tert-OH is 3. The fourth-order valence-corrected chi connectivity index (χ4v) is 2.51. The van der Waals surface area contributed by atoms with Crippen molar-refractivity contribution in [2.24, 2.45) is 0 Å². The molecule has 5 atom stereocenters. The quantitative estimate of drug-likeness (QED) is 0.438. The van der Waals surface area contributed by atoms with Crippen LogP contribution >= 0.6 is 0 Å². The second-order valence-electron chi connectivity index (χ2n) is 3.99. The Hall–Kier alpha value is -0.670. The first-order valence-electron chi connectivity index (χ1n) is 4.86. The second kappa shape index (κ2) is 3.48. The van der Waals surface area contributed by atoms with Crippen molar-refractivity contribution in [3.63, 3.8) is 0 Å². The van der Waals surface area contributed by atoms with E-state index < -0.39 is 30.4 Å². The second-order valence-corrected chi connectivity index (χ2v) is 3.99. The number of hydrogen-bond acceptors (Lipinski definition) is 5. The molecule has 0 aromatic carbocycles. The molecule has 0 spiro atoms. The Bertz CT molecular complexity index is 265. The van der Waals surface area contributed by atoms with Gasteiger partial charge in [0, 0.05) is 6.54 Å². The average molecular weight is 198 g/mol. The van der Waals surface area contributed by atoms with E-state index in [1.54, 1.807) is 4.90 Å². The number of nitrogens with zero attached hydrogens (tertiary/aromatic N) is 2. The highest BCUT2D eigenvalue weighted by molar-refractivity contribution is 5.12. The van der Waals surface area contributed by atoms with Crippen molar-refractivity contribution in [2.75, 3.05) is 6.54 Å². The lowest BCUT2D eigenvalue weighted by Gasteiger charge is -2.35. The van der Waals surface area contributed by atoms with Gasteiger partial charge in [-0.1, -0.05) is 0 Å². The van der Waals surface area contributed by atoms with Crippen LogP contribution in [0.3, 0.4) is 0 Å². The molecule has 3 N–H and O–H groups in total. The van der Waals surface area contributed by atoms with Crippen LogP contribution < -0.4 is 0 Å². The third-order valence-electron chi connectivity index (χ3n) is 3.21. The molecular formula is C9H14N2O3. The predicted octanol–water partition coefficient (Wildman–Crippen LogP) is -1.56. The summed E-state index contributed by atoms with van der Waals surface area (Å²) < 4.78 is 0. The lowest BCUT2D eigenvalue weighted by Crippen LogP contribution is -2.50. The minimum Gasteiger partial charge on any atom is -0.391 e. The zero-order chi connectivity index (χ0) is 10.3. The molecule has 5 nitrogen and oxygen atoms in total. The van der Waals surface area contributed by atoms with Gasteiger partial charge in [0.2, 0.25) is 0 Å². The van der Waals surface area contributed by atoms with Crippen LogP contribution in [0.25, 0.3) is 0 Å². The molecule has 2 rings (SSSR count). The summed E-state index contributed by atoms with van der Waals surface area (Å²) in [6, 6.07) is 0.824. The van der Waals surface area contributed by atoms with Gasteiger partial charge in [-0.25, -0.2) is 0 Å². The van der Waals surface area contributed by atoms with Gasteiger partial charge >= 0.3 is 0 Å². The minimum atomic E-state index is -1.06. The average Bonchev–Trinajstić information content (AvgIpc) is 2.41. The van der Waals surface area contributed by atoms with Crippen LogP contribution in [0.15, 0.2) is 0 Å². The SMILES string of the molecule is N#CC1C(O)C(O)C2C(O)CCCN12. The Kier molecular flexibility index (Phi) is 2.45. The molecule has 0 aliphatic carbocycles. The monoisotopic (exact) mass is 198 g/mol. The van der Waals surface area contributed by atoms with Gasteiger partial charge in [0.1, 0.15) is 18.2 Å². The third-order valence-corrected chi connectivity index (χ3v) is 3.21. The molecule has 2 aliphatic rings. The fraction of sp³-hybridized carbons (Fsp3) is 0.889. The Morgan fingerprint density at radius 3 is 2.57 bits per heavy atom. The highest BCUT2D eigenvalue weighted by Gasteiger charge is 2.51. The maximum atomic E-state index is 9.66. The van der Waals surface area contributed by atoms with Crippen LogP contribution in [0.2, 0.25) is 0 Å². The lowest BCUT2D eigenvalue weighted by molar-refractivity contribution is -0.0286. The zero-order valence-corrected chi connectivity index (χ0v) is 7.74. The maximum Gasteiger partial charge on any atom is 0.127 e. The largest absolute Gasteiger partial charge is 0.391 e. The molecule has 2 aliphatic heterocycles. The highest BCUT2D eigenvalue weighted by Crippen LogP contribution is 2.32. The van der Waals surface area contributed by atoms with Crippen LogP contribution in [0, 0.1) is 11.3 Å². The van der Waals surface area contributed by atoms with Crippen molar-refractivity contribution in [1.29, 1.82) is 5.26 Å². The maximum absolute atomic E-state index is 9.66. The number of aliphatic hydroxyl groups is 3. The summed E-state index contributed by atoms with van der Waals surface area (Å²) in [4.78, 5) is 1.71. The smallest absolute Gasteiger partial charge is 0.127 e. The Morgan fingerprint density at radius 1 is 1.21 bits per heavy atom. The molecule has 14 heavy (non-hydrogen) atoms. The van der Waals surface area contributed by atoms with E-state index in [4.69, 9.17) is 5.26 Å². The van der Waals surface area contributed by atoms with E-state index in [0.717, 1.165) is 6.42 Å². The van der Waals surface area contributed by atoms with Gasteiger partial charge in [-0.05, 0) is 12.8 Å². The molecule has 2 heterocycles. The highest BCUT2D eigenvalue weighted by atomic mass is 16.3. The van der Waals surface area contributed by atoms with Crippen molar-refractivity contribution in [3.05, 3.63) is 0 Å². The molecule has 5 heteroatoms. The van der Waals surface area contributed by atoms with E-state index >= 15 is 0 Å². The number of hydrogen-bond donors (Lipinski definition) is 3. The molecule has 0 radical (unpaired) electrons. The van der Waals surface area contributed by atoms with E-state index in [1.165, 1.54) is 0 Å². The third kappa shape index (κ3) is 1.23. The topological polar surface area (TPSA) is 87.7 Å². The first-order valence-corrected chi connectivity index (χ1v) is 4.86. The van der Waals surface area contributed by atoms with E-state index in [1.807, 2.05) is 6.07 Å². The predicted molar refractivity (Wildman–Crippen MR) is 47.1 cm³/mol. The standard InChI is InChI=1S/C9H14N2O3/c10-4-5-8(13)9(14)7-6(12)2-1-3-11(5)7/h5-9,12-14H,1-3H2.